The first kappa shape index (κ1) is 22.4. The lowest BCUT2D eigenvalue weighted by Gasteiger charge is -2.25. The van der Waals surface area contributed by atoms with Crippen molar-refractivity contribution in [1.82, 2.24) is 14.5 Å². The van der Waals surface area contributed by atoms with Crippen molar-refractivity contribution in [3.05, 3.63) is 143 Å². The van der Waals surface area contributed by atoms with Gasteiger partial charge in [-0.15, -0.1) is 0 Å². The van der Waals surface area contributed by atoms with Crippen LogP contribution in [0.2, 0.25) is 0 Å². The van der Waals surface area contributed by atoms with Crippen LogP contribution in [0.3, 0.4) is 0 Å². The molecule has 0 saturated carbocycles. The second-order valence-corrected chi connectivity index (χ2v) is 8.82. The van der Waals surface area contributed by atoms with Crippen LogP contribution >= 0.6 is 0 Å². The van der Waals surface area contributed by atoms with E-state index in [1.54, 1.807) is 41.2 Å². The summed E-state index contributed by atoms with van der Waals surface area (Å²) < 4.78 is 1.58. The third-order valence-corrected chi connectivity index (χ3v) is 6.35. The summed E-state index contributed by atoms with van der Waals surface area (Å²) in [6.07, 6.45) is 3.96. The van der Waals surface area contributed by atoms with Crippen LogP contribution in [0.5, 0.6) is 5.75 Å². The zero-order chi connectivity index (χ0) is 25.2. The van der Waals surface area contributed by atoms with Crippen LogP contribution in [-0.4, -0.2) is 19.6 Å². The number of H-pyrrole nitrogens is 1. The van der Waals surface area contributed by atoms with E-state index < -0.39 is 0 Å². The van der Waals surface area contributed by atoms with Gasteiger partial charge in [0.1, 0.15) is 11.4 Å². The van der Waals surface area contributed by atoms with Crippen molar-refractivity contribution in [2.75, 3.05) is 4.90 Å². The van der Waals surface area contributed by atoms with E-state index in [-0.39, 0.29) is 11.3 Å². The molecule has 2 N–H and O–H groups in total. The second kappa shape index (κ2) is 9.51. The number of aromatic amines is 1. The number of imidazole rings is 1. The van der Waals surface area contributed by atoms with E-state index in [0.29, 0.717) is 17.9 Å². The normalized spacial score (nSPS) is 11.0. The van der Waals surface area contributed by atoms with Gasteiger partial charge in [-0.1, -0.05) is 60.7 Å². The van der Waals surface area contributed by atoms with Gasteiger partial charge in [-0.3, -0.25) is 9.36 Å². The first-order valence-electron chi connectivity index (χ1n) is 12.0. The largest absolute Gasteiger partial charge is 0.508 e. The van der Waals surface area contributed by atoms with Crippen LogP contribution in [0.1, 0.15) is 11.3 Å². The first-order chi connectivity index (χ1) is 18.2. The van der Waals surface area contributed by atoms with Crippen molar-refractivity contribution in [2.45, 2.75) is 6.42 Å². The van der Waals surface area contributed by atoms with Crippen molar-refractivity contribution in [3.63, 3.8) is 0 Å². The average molecular weight is 485 g/mol. The molecule has 4 aromatic rings. The minimum Gasteiger partial charge on any atom is -0.508 e. The number of phenolic OH excluding ortho intramolecular Hbond substituents is 1. The Morgan fingerprint density at radius 3 is 1.97 bits per heavy atom. The van der Waals surface area contributed by atoms with Crippen LogP contribution in [0.4, 0.5) is 17.1 Å². The van der Waals surface area contributed by atoms with Gasteiger partial charge in [-0.05, 0) is 59.7 Å². The molecule has 0 unspecified atom stereocenters. The highest BCUT2D eigenvalue weighted by atomic mass is 16.3. The summed E-state index contributed by atoms with van der Waals surface area (Å²) in [5.41, 5.74) is 6.19. The SMILES string of the molecule is O=c1c(Cc2ccc(O)cc2)nc2c[nH]c(-c3ccc(N(c4ccccc4)c4ccccc4)cc3)cn1-2. The lowest BCUT2D eigenvalue weighted by atomic mass is 10.1. The molecule has 0 amide bonds. The third kappa shape index (κ3) is 4.48. The van der Waals surface area contributed by atoms with Crippen molar-refractivity contribution < 1.29 is 5.11 Å². The highest BCUT2D eigenvalue weighted by Crippen LogP contribution is 2.35. The average Bonchev–Trinajstić information content (AvgIpc) is 3.26. The van der Waals surface area contributed by atoms with Crippen LogP contribution in [0.25, 0.3) is 17.1 Å². The molecular weight excluding hydrogens is 460 g/mol. The molecule has 0 radical (unpaired) electrons. The van der Waals surface area contributed by atoms with Gasteiger partial charge >= 0.3 is 0 Å². The maximum absolute atomic E-state index is 13.1. The van der Waals surface area contributed by atoms with Crippen LogP contribution in [0, 0.1) is 0 Å². The number of aromatic nitrogens is 3. The number of para-hydroxylation sites is 2. The quantitative estimate of drug-likeness (QED) is 0.286. The van der Waals surface area contributed by atoms with Gasteiger partial charge in [0.05, 0.1) is 5.69 Å². The van der Waals surface area contributed by atoms with Crippen molar-refractivity contribution >= 4 is 17.1 Å². The summed E-state index contributed by atoms with van der Waals surface area (Å²) in [6, 6.07) is 35.6. The number of benzene rings is 4. The zero-order valence-corrected chi connectivity index (χ0v) is 20.0. The predicted molar refractivity (Wildman–Crippen MR) is 146 cm³/mol. The maximum atomic E-state index is 13.1. The lowest BCUT2D eigenvalue weighted by molar-refractivity contribution is 0.475. The van der Waals surface area contributed by atoms with E-state index in [4.69, 9.17) is 0 Å². The number of hydrogen-bond donors (Lipinski definition) is 2. The summed E-state index contributed by atoms with van der Waals surface area (Å²) in [7, 11) is 0. The van der Waals surface area contributed by atoms with Gasteiger partial charge in [0.25, 0.3) is 5.56 Å². The molecule has 6 rings (SSSR count). The minimum atomic E-state index is -0.144. The highest BCUT2D eigenvalue weighted by molar-refractivity contribution is 5.77. The number of nitrogens with one attached hydrogen (secondary N) is 1. The Kier molecular flexibility index (Phi) is 5.75. The fourth-order valence-corrected chi connectivity index (χ4v) is 4.49. The predicted octanol–water partition coefficient (Wildman–Crippen LogP) is 6.43. The number of fused-ring (bicyclic) bond motifs is 1. The van der Waals surface area contributed by atoms with Crippen molar-refractivity contribution in [1.29, 1.82) is 0 Å². The fraction of sp³-hybridized carbons (Fsp3) is 0.0323. The molecule has 180 valence electrons. The highest BCUT2D eigenvalue weighted by Gasteiger charge is 2.16. The van der Waals surface area contributed by atoms with E-state index in [0.717, 1.165) is 33.9 Å². The molecule has 0 saturated heterocycles. The summed E-state index contributed by atoms with van der Waals surface area (Å²) in [5, 5.41) is 9.51. The molecule has 0 aliphatic carbocycles. The standard InChI is InChI=1S/C31H24N4O2/c36-27-17-11-22(12-18-27)19-28-31(37)34-21-29(32-20-30(34)33-28)23-13-15-26(16-14-23)35(24-7-3-1-4-8-24)25-9-5-2-6-10-25/h1-18,20-21,32,36H,19H2. The maximum Gasteiger partial charge on any atom is 0.278 e. The van der Waals surface area contributed by atoms with Gasteiger partial charge in [0.2, 0.25) is 0 Å². The molecular formula is C31H24N4O2. The molecule has 37 heavy (non-hydrogen) atoms. The summed E-state index contributed by atoms with van der Waals surface area (Å²) in [5.74, 6) is 0.764. The molecule has 0 aromatic heterocycles. The topological polar surface area (TPSA) is 74.1 Å². The number of nitrogens with zero attached hydrogens (tertiary/aromatic N) is 3. The Hall–Kier alpha value is -5.10. The Balaban J connectivity index is 1.32. The molecule has 6 nitrogen and oxygen atoms in total. The third-order valence-electron chi connectivity index (χ3n) is 6.35. The van der Waals surface area contributed by atoms with Gasteiger partial charge in [-0.2, -0.15) is 0 Å². The molecule has 4 aromatic carbocycles. The van der Waals surface area contributed by atoms with Crippen molar-refractivity contribution in [3.8, 4) is 22.8 Å². The van der Waals surface area contributed by atoms with E-state index in [1.165, 1.54) is 0 Å². The lowest BCUT2D eigenvalue weighted by Crippen LogP contribution is -2.15. The molecule has 2 aliphatic rings. The summed E-state index contributed by atoms with van der Waals surface area (Å²) >= 11 is 0. The van der Waals surface area contributed by atoms with E-state index in [2.05, 4.69) is 51.3 Å². The van der Waals surface area contributed by atoms with Crippen LogP contribution < -0.4 is 10.5 Å². The Labute approximate surface area is 214 Å². The minimum absolute atomic E-state index is 0.144. The molecule has 2 aliphatic heterocycles. The van der Waals surface area contributed by atoms with Crippen LogP contribution in [-0.2, 0) is 6.42 Å². The van der Waals surface area contributed by atoms with Crippen LogP contribution in [0.15, 0.2) is 126 Å². The molecule has 0 fully saturated rings. The van der Waals surface area contributed by atoms with Gasteiger partial charge in [-0.25, -0.2) is 4.98 Å². The number of hydrogen-bond acceptors (Lipinski definition) is 4. The fourth-order valence-electron chi connectivity index (χ4n) is 4.49. The number of anilines is 3. The number of phenols is 1. The van der Waals surface area contributed by atoms with E-state index in [9.17, 15) is 9.90 Å². The molecule has 2 heterocycles. The second-order valence-electron chi connectivity index (χ2n) is 8.82. The molecule has 0 bridgehead atoms. The summed E-state index contributed by atoms with van der Waals surface area (Å²) in [6.45, 7) is 0. The van der Waals surface area contributed by atoms with E-state index in [1.807, 2.05) is 48.5 Å². The monoisotopic (exact) mass is 484 g/mol. The first-order valence-corrected chi connectivity index (χ1v) is 12.0. The Morgan fingerprint density at radius 2 is 1.35 bits per heavy atom. The van der Waals surface area contributed by atoms with Gasteiger partial charge in [0.15, 0.2) is 5.82 Å². The summed E-state index contributed by atoms with van der Waals surface area (Å²) in [4.78, 5) is 23.1. The number of aromatic hydroxyl groups is 1. The Morgan fingerprint density at radius 1 is 0.757 bits per heavy atom. The smallest absolute Gasteiger partial charge is 0.278 e. The Bertz CT molecular complexity index is 1620. The van der Waals surface area contributed by atoms with E-state index >= 15 is 0 Å². The van der Waals surface area contributed by atoms with Crippen molar-refractivity contribution in [2.24, 2.45) is 0 Å². The molecule has 0 spiro atoms. The molecule has 6 heteroatoms. The number of rotatable bonds is 6. The zero-order valence-electron chi connectivity index (χ0n) is 20.0. The van der Waals surface area contributed by atoms with Gasteiger partial charge < -0.3 is 15.0 Å². The van der Waals surface area contributed by atoms with Gasteiger partial charge in [0, 0.05) is 35.9 Å². The molecule has 0 atom stereocenters.